The molecular formula is C27H30F2N2O3S. The number of nitrogens with one attached hydrogen (secondary N) is 1. The van der Waals surface area contributed by atoms with Crippen LogP contribution in [0.2, 0.25) is 0 Å². The highest BCUT2D eigenvalue weighted by Crippen LogP contribution is 2.15. The van der Waals surface area contributed by atoms with Gasteiger partial charge in [0, 0.05) is 31.6 Å². The summed E-state index contributed by atoms with van der Waals surface area (Å²) in [5, 5.41) is 5.07. The Morgan fingerprint density at radius 3 is 2.43 bits per heavy atom. The zero-order chi connectivity index (χ0) is 25.2. The van der Waals surface area contributed by atoms with Gasteiger partial charge in [0.25, 0.3) is 0 Å². The number of rotatable bonds is 13. The van der Waals surface area contributed by atoms with Gasteiger partial charge < -0.3 is 15.8 Å². The van der Waals surface area contributed by atoms with Crippen LogP contribution in [0.3, 0.4) is 0 Å². The molecule has 3 N–H and O–H groups in total. The summed E-state index contributed by atoms with van der Waals surface area (Å²) in [6, 6.07) is 14.2. The maximum atomic E-state index is 13.6. The van der Waals surface area contributed by atoms with E-state index in [-0.39, 0.29) is 31.6 Å². The maximum Gasteiger partial charge on any atom is 0.306 e. The van der Waals surface area contributed by atoms with E-state index in [1.165, 1.54) is 29.0 Å². The van der Waals surface area contributed by atoms with Crippen LogP contribution in [0.1, 0.15) is 46.1 Å². The summed E-state index contributed by atoms with van der Waals surface area (Å²) in [6.07, 6.45) is 0.252. The van der Waals surface area contributed by atoms with Gasteiger partial charge in [0.1, 0.15) is 17.7 Å². The lowest BCUT2D eigenvalue weighted by molar-refractivity contribution is -0.149. The molecular weight excluding hydrogens is 470 g/mol. The number of nitrogens with two attached hydrogens (primary N) is 1. The van der Waals surface area contributed by atoms with E-state index in [1.54, 1.807) is 17.5 Å². The first-order valence-corrected chi connectivity index (χ1v) is 12.5. The molecule has 3 aromatic rings. The summed E-state index contributed by atoms with van der Waals surface area (Å²) in [6.45, 7) is 2.87. The van der Waals surface area contributed by atoms with Crippen LogP contribution in [-0.4, -0.2) is 30.4 Å². The van der Waals surface area contributed by atoms with Gasteiger partial charge in [-0.15, -0.1) is 11.3 Å². The number of aryl methyl sites for hydroxylation is 1. The first kappa shape index (κ1) is 26.7. The summed E-state index contributed by atoms with van der Waals surface area (Å²) >= 11 is 1.32. The normalized spacial score (nSPS) is 12.8. The van der Waals surface area contributed by atoms with Crippen LogP contribution < -0.4 is 11.1 Å². The summed E-state index contributed by atoms with van der Waals surface area (Å²) in [7, 11) is 0. The molecule has 0 aliphatic rings. The van der Waals surface area contributed by atoms with Gasteiger partial charge >= 0.3 is 5.97 Å². The summed E-state index contributed by atoms with van der Waals surface area (Å²) in [5.74, 6) is -2.05. The lowest BCUT2D eigenvalue weighted by Gasteiger charge is -2.25. The molecule has 0 aliphatic heterocycles. The second-order valence-electron chi connectivity index (χ2n) is 8.38. The molecule has 1 aromatic heterocycles. The fourth-order valence-corrected chi connectivity index (χ4v) is 4.43. The zero-order valence-electron chi connectivity index (χ0n) is 19.6. The van der Waals surface area contributed by atoms with E-state index < -0.39 is 29.7 Å². The van der Waals surface area contributed by atoms with Crippen LogP contribution in [0.25, 0.3) is 0 Å². The number of benzene rings is 2. The first-order chi connectivity index (χ1) is 16.8. The Morgan fingerprint density at radius 2 is 1.74 bits per heavy atom. The molecule has 0 saturated heterocycles. The molecule has 0 spiro atoms. The lowest BCUT2D eigenvalue weighted by atomic mass is 10.0. The first-order valence-electron chi connectivity index (χ1n) is 11.6. The number of Topliss-reactive ketones (excluding diaryl/α,β-unsaturated/α-hetero) is 1. The average molecular weight is 501 g/mol. The number of carbonyl (C=O) groups is 2. The van der Waals surface area contributed by atoms with Crippen LogP contribution in [0.5, 0.6) is 0 Å². The van der Waals surface area contributed by atoms with E-state index in [4.69, 9.17) is 10.5 Å². The van der Waals surface area contributed by atoms with E-state index in [1.807, 2.05) is 12.1 Å². The number of ketones is 1. The van der Waals surface area contributed by atoms with Crippen molar-refractivity contribution in [1.82, 2.24) is 5.32 Å². The molecule has 0 aliphatic carbocycles. The summed E-state index contributed by atoms with van der Waals surface area (Å²) in [4.78, 5) is 25.3. The second kappa shape index (κ2) is 13.2. The van der Waals surface area contributed by atoms with Gasteiger partial charge in [0.2, 0.25) is 0 Å². The third kappa shape index (κ3) is 8.65. The Morgan fingerprint density at radius 1 is 1.00 bits per heavy atom. The molecule has 5 nitrogen and oxygen atoms in total. The fourth-order valence-electron chi connectivity index (χ4n) is 3.73. The molecule has 1 heterocycles. The smallest absolute Gasteiger partial charge is 0.306 e. The molecule has 35 heavy (non-hydrogen) atoms. The third-order valence-corrected chi connectivity index (χ3v) is 6.49. The van der Waals surface area contributed by atoms with Crippen molar-refractivity contribution in [2.24, 2.45) is 5.73 Å². The third-order valence-electron chi connectivity index (χ3n) is 5.58. The van der Waals surface area contributed by atoms with E-state index >= 15 is 0 Å². The molecule has 2 atom stereocenters. The monoisotopic (exact) mass is 500 g/mol. The van der Waals surface area contributed by atoms with Crippen molar-refractivity contribution in [1.29, 1.82) is 0 Å². The van der Waals surface area contributed by atoms with E-state index in [0.717, 1.165) is 18.1 Å². The summed E-state index contributed by atoms with van der Waals surface area (Å²) < 4.78 is 32.9. The van der Waals surface area contributed by atoms with Crippen molar-refractivity contribution in [2.45, 2.75) is 51.3 Å². The Balaban J connectivity index is 1.62. The molecule has 0 saturated carbocycles. The largest absolute Gasteiger partial charge is 0.459 e. The van der Waals surface area contributed by atoms with Crippen molar-refractivity contribution in [3.8, 4) is 0 Å². The maximum absolute atomic E-state index is 13.6. The number of halogens is 2. The fraction of sp³-hybridized carbons (Fsp3) is 0.333. The molecule has 0 fully saturated rings. The minimum Gasteiger partial charge on any atom is -0.459 e. The number of ether oxygens (including phenoxy) is 1. The van der Waals surface area contributed by atoms with E-state index in [2.05, 4.69) is 24.4 Å². The van der Waals surface area contributed by atoms with Gasteiger partial charge in [-0.1, -0.05) is 37.3 Å². The SMILES string of the molecule is CCc1cccc(CNC[C@@H](OC(=O)CCC(=O)c2cccs2)[C@@H](N)Cc2cc(F)cc(F)c2)c1. The van der Waals surface area contributed by atoms with Gasteiger partial charge in [-0.25, -0.2) is 8.78 Å². The minimum atomic E-state index is -0.750. The predicted octanol–water partition coefficient (Wildman–Crippen LogP) is 4.82. The number of thiophene rings is 1. The molecule has 0 amide bonds. The van der Waals surface area contributed by atoms with Crippen LogP contribution in [0, 0.1) is 11.6 Å². The highest BCUT2D eigenvalue weighted by molar-refractivity contribution is 7.12. The van der Waals surface area contributed by atoms with Gasteiger partial charge in [0.15, 0.2) is 5.78 Å². The number of carbonyl (C=O) groups excluding carboxylic acids is 2. The van der Waals surface area contributed by atoms with Crippen LogP contribution >= 0.6 is 11.3 Å². The number of esters is 1. The molecule has 2 aromatic carbocycles. The standard InChI is InChI=1S/C27H30F2N2O3S/c1-2-18-5-3-6-19(11-18)16-31-17-25(23(30)14-20-12-21(28)15-22(29)13-20)34-27(33)9-8-24(32)26-7-4-10-35-26/h3-7,10-13,15,23,25,31H,2,8-9,14,16-17,30H2,1H3/t23-,25+/m0/s1. The van der Waals surface area contributed by atoms with Crippen molar-refractivity contribution in [3.63, 3.8) is 0 Å². The van der Waals surface area contributed by atoms with Crippen LogP contribution in [0.4, 0.5) is 8.78 Å². The van der Waals surface area contributed by atoms with Gasteiger partial charge in [-0.2, -0.15) is 0 Å². The molecule has 0 unspecified atom stereocenters. The van der Waals surface area contributed by atoms with Crippen molar-refractivity contribution in [2.75, 3.05) is 6.54 Å². The predicted molar refractivity (Wildman–Crippen MR) is 133 cm³/mol. The highest BCUT2D eigenvalue weighted by Gasteiger charge is 2.23. The second-order valence-corrected chi connectivity index (χ2v) is 9.33. The van der Waals surface area contributed by atoms with Gasteiger partial charge in [-0.05, 0) is 53.1 Å². The number of hydrogen-bond donors (Lipinski definition) is 2. The summed E-state index contributed by atoms with van der Waals surface area (Å²) in [5.41, 5.74) is 9.00. The Hall–Kier alpha value is -2.94. The highest BCUT2D eigenvalue weighted by atomic mass is 32.1. The van der Waals surface area contributed by atoms with E-state index in [0.29, 0.717) is 17.0 Å². The van der Waals surface area contributed by atoms with Crippen LogP contribution in [0.15, 0.2) is 60.0 Å². The van der Waals surface area contributed by atoms with Crippen LogP contribution in [-0.2, 0) is 28.9 Å². The molecule has 186 valence electrons. The van der Waals surface area contributed by atoms with Gasteiger partial charge in [-0.3, -0.25) is 9.59 Å². The van der Waals surface area contributed by atoms with Crippen molar-refractivity contribution < 1.29 is 23.1 Å². The Bertz CT molecular complexity index is 1100. The van der Waals surface area contributed by atoms with Gasteiger partial charge in [0.05, 0.1) is 11.3 Å². The Kier molecular flexibility index (Phi) is 10.1. The quantitative estimate of drug-likeness (QED) is 0.260. The average Bonchev–Trinajstić information content (AvgIpc) is 3.36. The van der Waals surface area contributed by atoms with Crippen molar-refractivity contribution in [3.05, 3.63) is 93.2 Å². The van der Waals surface area contributed by atoms with E-state index in [9.17, 15) is 18.4 Å². The molecule has 8 heteroatoms. The Labute approximate surface area is 208 Å². The molecule has 0 bridgehead atoms. The topological polar surface area (TPSA) is 81.4 Å². The van der Waals surface area contributed by atoms with Crippen molar-refractivity contribution >= 4 is 23.1 Å². The molecule has 0 radical (unpaired) electrons. The minimum absolute atomic E-state index is 0.0354. The lowest BCUT2D eigenvalue weighted by Crippen LogP contribution is -2.46. The zero-order valence-corrected chi connectivity index (χ0v) is 20.5. The number of hydrogen-bond acceptors (Lipinski definition) is 6. The molecule has 3 rings (SSSR count).